The van der Waals surface area contributed by atoms with Gasteiger partial charge in [0.1, 0.15) is 23.2 Å². The van der Waals surface area contributed by atoms with Crippen LogP contribution in [0.3, 0.4) is 0 Å². The third kappa shape index (κ3) is 4.45. The molecule has 2 aromatic rings. The van der Waals surface area contributed by atoms with Gasteiger partial charge in [0.05, 0.1) is 11.8 Å². The minimum atomic E-state index is 0.124. The summed E-state index contributed by atoms with van der Waals surface area (Å²) >= 11 is 0. The number of nitrogens with one attached hydrogen (secondary N) is 1. The van der Waals surface area contributed by atoms with E-state index in [1.54, 1.807) is 0 Å². The summed E-state index contributed by atoms with van der Waals surface area (Å²) in [4.78, 5) is 11.7. The van der Waals surface area contributed by atoms with Crippen molar-refractivity contribution < 1.29 is 4.74 Å². The Balaban J connectivity index is 1.87. The fraction of sp³-hybridized carbons (Fsp3) is 0.524. The van der Waals surface area contributed by atoms with Crippen LogP contribution in [0.5, 0.6) is 5.75 Å². The Kier molecular flexibility index (Phi) is 5.96. The monoisotopic (exact) mass is 354 g/mol. The maximum atomic E-state index is 5.91. The third-order valence-corrected chi connectivity index (χ3v) is 4.73. The van der Waals surface area contributed by atoms with E-state index in [1.165, 1.54) is 19.3 Å². The van der Waals surface area contributed by atoms with Crippen molar-refractivity contribution in [2.75, 3.05) is 16.8 Å². The molecule has 1 aliphatic rings. The predicted octanol–water partition coefficient (Wildman–Crippen LogP) is 5.08. The topological polar surface area (TPSA) is 50.3 Å². The van der Waals surface area contributed by atoms with Crippen LogP contribution < -0.4 is 15.0 Å². The molecule has 0 aliphatic carbocycles. The summed E-state index contributed by atoms with van der Waals surface area (Å²) in [6.07, 6.45) is 5.06. The van der Waals surface area contributed by atoms with Crippen molar-refractivity contribution >= 4 is 17.3 Å². The van der Waals surface area contributed by atoms with Gasteiger partial charge in [-0.15, -0.1) is 0 Å². The molecule has 1 fully saturated rings. The Labute approximate surface area is 156 Å². The average Bonchev–Trinajstić information content (AvgIpc) is 2.62. The zero-order chi connectivity index (χ0) is 18.5. The molecule has 1 unspecified atom stereocenters. The van der Waals surface area contributed by atoms with Crippen molar-refractivity contribution in [1.82, 2.24) is 9.97 Å². The molecule has 0 amide bonds. The van der Waals surface area contributed by atoms with Crippen LogP contribution in [0.15, 0.2) is 30.3 Å². The number of benzene rings is 1. The number of para-hydroxylation sites is 2. The van der Waals surface area contributed by atoms with Gasteiger partial charge in [-0.1, -0.05) is 19.1 Å². The Morgan fingerprint density at radius 3 is 2.81 bits per heavy atom. The highest BCUT2D eigenvalue weighted by molar-refractivity contribution is 5.66. The lowest BCUT2D eigenvalue weighted by molar-refractivity contribution is 0.244. The van der Waals surface area contributed by atoms with Gasteiger partial charge in [0.2, 0.25) is 0 Å². The number of hydrogen-bond acceptors (Lipinski definition) is 5. The molecule has 1 atom stereocenters. The first-order valence-corrected chi connectivity index (χ1v) is 9.72. The van der Waals surface area contributed by atoms with Crippen molar-refractivity contribution in [1.29, 1.82) is 0 Å². The molecule has 2 heterocycles. The van der Waals surface area contributed by atoms with Crippen LogP contribution in [0.4, 0.5) is 17.3 Å². The molecular formula is C21H30N4O. The minimum absolute atomic E-state index is 0.124. The Hall–Kier alpha value is -2.30. The fourth-order valence-electron chi connectivity index (χ4n) is 3.55. The summed E-state index contributed by atoms with van der Waals surface area (Å²) in [7, 11) is 0. The molecular weight excluding hydrogens is 324 g/mol. The van der Waals surface area contributed by atoms with Crippen LogP contribution >= 0.6 is 0 Å². The molecule has 26 heavy (non-hydrogen) atoms. The van der Waals surface area contributed by atoms with Crippen molar-refractivity contribution in [2.24, 2.45) is 0 Å². The zero-order valence-corrected chi connectivity index (χ0v) is 16.3. The van der Waals surface area contributed by atoms with Crippen LogP contribution in [0, 0.1) is 6.92 Å². The molecule has 0 radical (unpaired) electrons. The Morgan fingerprint density at radius 1 is 1.23 bits per heavy atom. The van der Waals surface area contributed by atoms with E-state index in [1.807, 2.05) is 45.0 Å². The normalized spacial score (nSPS) is 17.4. The van der Waals surface area contributed by atoms with E-state index in [2.05, 4.69) is 28.2 Å². The van der Waals surface area contributed by atoms with Gasteiger partial charge < -0.3 is 15.0 Å². The van der Waals surface area contributed by atoms with E-state index in [0.29, 0.717) is 6.04 Å². The molecule has 5 nitrogen and oxygen atoms in total. The summed E-state index contributed by atoms with van der Waals surface area (Å²) in [6, 6.07) is 10.6. The van der Waals surface area contributed by atoms with Crippen molar-refractivity contribution in [2.45, 2.75) is 65.5 Å². The summed E-state index contributed by atoms with van der Waals surface area (Å²) in [6.45, 7) is 9.35. The lowest BCUT2D eigenvalue weighted by Crippen LogP contribution is -2.39. The second kappa shape index (κ2) is 8.39. The molecule has 1 aliphatic heterocycles. The maximum Gasteiger partial charge on any atom is 0.143 e. The van der Waals surface area contributed by atoms with Crippen molar-refractivity contribution in [3.63, 3.8) is 0 Å². The molecule has 1 saturated heterocycles. The van der Waals surface area contributed by atoms with Gasteiger partial charge in [0.15, 0.2) is 0 Å². The van der Waals surface area contributed by atoms with Crippen LogP contribution in [-0.4, -0.2) is 28.7 Å². The number of aryl methyl sites for hydroxylation is 1. The maximum absolute atomic E-state index is 5.91. The molecule has 5 heteroatoms. The number of piperidine rings is 1. The van der Waals surface area contributed by atoms with Gasteiger partial charge in [0.25, 0.3) is 0 Å². The molecule has 1 aromatic carbocycles. The van der Waals surface area contributed by atoms with Gasteiger partial charge in [-0.05, 0) is 58.6 Å². The van der Waals surface area contributed by atoms with Gasteiger partial charge in [-0.2, -0.15) is 0 Å². The van der Waals surface area contributed by atoms with Crippen LogP contribution in [0.2, 0.25) is 0 Å². The molecule has 140 valence electrons. The molecule has 1 aromatic heterocycles. The lowest BCUT2D eigenvalue weighted by Gasteiger charge is -2.36. The van der Waals surface area contributed by atoms with Gasteiger partial charge in [-0.3, -0.25) is 0 Å². The van der Waals surface area contributed by atoms with E-state index in [4.69, 9.17) is 9.72 Å². The average molecular weight is 354 g/mol. The quantitative estimate of drug-likeness (QED) is 0.783. The van der Waals surface area contributed by atoms with E-state index < -0.39 is 0 Å². The molecule has 3 rings (SSSR count). The molecule has 0 saturated carbocycles. The largest absolute Gasteiger partial charge is 0.489 e. The highest BCUT2D eigenvalue weighted by Gasteiger charge is 2.23. The predicted molar refractivity (Wildman–Crippen MR) is 108 cm³/mol. The Bertz CT molecular complexity index is 732. The highest BCUT2D eigenvalue weighted by atomic mass is 16.5. The number of anilines is 3. The summed E-state index contributed by atoms with van der Waals surface area (Å²) in [5.74, 6) is 3.46. The van der Waals surface area contributed by atoms with Crippen molar-refractivity contribution in [3.05, 3.63) is 36.2 Å². The van der Waals surface area contributed by atoms with Gasteiger partial charge in [-0.25, -0.2) is 9.97 Å². The zero-order valence-electron chi connectivity index (χ0n) is 16.3. The van der Waals surface area contributed by atoms with E-state index in [9.17, 15) is 0 Å². The number of nitrogens with zero attached hydrogens (tertiary/aromatic N) is 3. The number of aromatic nitrogens is 2. The fourth-order valence-corrected chi connectivity index (χ4v) is 3.55. The summed E-state index contributed by atoms with van der Waals surface area (Å²) in [5.41, 5.74) is 0.927. The van der Waals surface area contributed by atoms with E-state index >= 15 is 0 Å². The third-order valence-electron chi connectivity index (χ3n) is 4.73. The van der Waals surface area contributed by atoms with E-state index in [0.717, 1.165) is 41.9 Å². The lowest BCUT2D eigenvalue weighted by atomic mass is 10.00. The van der Waals surface area contributed by atoms with E-state index in [-0.39, 0.29) is 6.10 Å². The molecule has 0 spiro atoms. The standard InChI is InChI=1S/C21H30N4O/c1-5-17-10-8-9-13-25(17)21-14-20(22-16(4)23-21)24-18-11-6-7-12-19(18)26-15(2)3/h6-7,11-12,14-15,17H,5,8-10,13H2,1-4H3,(H,22,23,24). The van der Waals surface area contributed by atoms with Gasteiger partial charge >= 0.3 is 0 Å². The van der Waals surface area contributed by atoms with Crippen LogP contribution in [0.1, 0.15) is 52.3 Å². The second-order valence-corrected chi connectivity index (χ2v) is 7.20. The van der Waals surface area contributed by atoms with Crippen LogP contribution in [0.25, 0.3) is 0 Å². The SMILES string of the molecule is CCC1CCCCN1c1cc(Nc2ccccc2OC(C)C)nc(C)n1. The smallest absolute Gasteiger partial charge is 0.143 e. The number of ether oxygens (including phenoxy) is 1. The first-order chi connectivity index (χ1) is 12.6. The van der Waals surface area contributed by atoms with Crippen LogP contribution in [-0.2, 0) is 0 Å². The van der Waals surface area contributed by atoms with Crippen molar-refractivity contribution in [3.8, 4) is 5.75 Å². The highest BCUT2D eigenvalue weighted by Crippen LogP contribution is 2.30. The first kappa shape index (κ1) is 18.5. The number of hydrogen-bond donors (Lipinski definition) is 1. The molecule has 0 bridgehead atoms. The summed E-state index contributed by atoms with van der Waals surface area (Å²) in [5, 5.41) is 3.43. The Morgan fingerprint density at radius 2 is 2.04 bits per heavy atom. The number of rotatable bonds is 6. The molecule has 1 N–H and O–H groups in total. The first-order valence-electron chi connectivity index (χ1n) is 9.72. The second-order valence-electron chi connectivity index (χ2n) is 7.20. The van der Waals surface area contributed by atoms with Gasteiger partial charge in [0, 0.05) is 18.7 Å². The minimum Gasteiger partial charge on any atom is -0.489 e. The summed E-state index contributed by atoms with van der Waals surface area (Å²) < 4.78 is 5.91.